The molecule has 2 rings (SSSR count). The van der Waals surface area contributed by atoms with E-state index in [4.69, 9.17) is 4.74 Å². The molecular weight excluding hydrogens is 306 g/mol. The van der Waals surface area contributed by atoms with Gasteiger partial charge in [0, 0.05) is 37.9 Å². The minimum absolute atomic E-state index is 0.0209. The van der Waals surface area contributed by atoms with Crippen molar-refractivity contribution in [2.45, 2.75) is 39.3 Å². The normalized spacial score (nSPS) is 22.7. The summed E-state index contributed by atoms with van der Waals surface area (Å²) in [6, 6.07) is 0.308. The Bertz CT molecular complexity index is 543. The van der Waals surface area contributed by atoms with Gasteiger partial charge >= 0.3 is 6.03 Å². The molecule has 7 nitrogen and oxygen atoms in total. The number of hydrogen-bond donors (Lipinski definition) is 1. The Balaban J connectivity index is 1.93. The highest BCUT2D eigenvalue weighted by Crippen LogP contribution is 2.28. The maximum absolute atomic E-state index is 12.5. The Labute approximate surface area is 144 Å². The lowest BCUT2D eigenvalue weighted by Gasteiger charge is -2.40. The highest BCUT2D eigenvalue weighted by Gasteiger charge is 2.36. The molecule has 2 atom stereocenters. The van der Waals surface area contributed by atoms with Crippen molar-refractivity contribution >= 4 is 6.03 Å². The molecule has 7 heteroatoms. The van der Waals surface area contributed by atoms with Crippen LogP contribution in [-0.2, 0) is 17.4 Å². The number of rotatable bonds is 6. The Morgan fingerprint density at radius 2 is 2.21 bits per heavy atom. The quantitative estimate of drug-likeness (QED) is 0.852. The van der Waals surface area contributed by atoms with Crippen molar-refractivity contribution in [1.29, 1.82) is 0 Å². The second-order valence-electron chi connectivity index (χ2n) is 6.66. The van der Waals surface area contributed by atoms with Gasteiger partial charge in [0.1, 0.15) is 5.60 Å². The van der Waals surface area contributed by atoms with Crippen molar-refractivity contribution in [1.82, 2.24) is 24.9 Å². The van der Waals surface area contributed by atoms with E-state index in [9.17, 15) is 4.79 Å². The molecule has 1 N–H and O–H groups in total. The zero-order valence-electron chi connectivity index (χ0n) is 15.6. The van der Waals surface area contributed by atoms with Crippen LogP contribution >= 0.6 is 0 Å². The molecule has 1 aromatic rings. The van der Waals surface area contributed by atoms with Crippen LogP contribution < -0.4 is 5.32 Å². The first-order chi connectivity index (χ1) is 11.4. The van der Waals surface area contributed by atoms with Gasteiger partial charge in [-0.2, -0.15) is 5.10 Å². The average molecular weight is 337 g/mol. The highest BCUT2D eigenvalue weighted by molar-refractivity contribution is 5.74. The molecule has 0 aliphatic carbocycles. The summed E-state index contributed by atoms with van der Waals surface area (Å²) in [6.45, 7) is 12.8. The van der Waals surface area contributed by atoms with Crippen LogP contribution in [0.4, 0.5) is 4.79 Å². The number of hydrogen-bond acceptors (Lipinski definition) is 4. The van der Waals surface area contributed by atoms with E-state index >= 15 is 0 Å². The van der Waals surface area contributed by atoms with Gasteiger partial charge in [0.15, 0.2) is 0 Å². The lowest BCUT2D eigenvalue weighted by Crippen LogP contribution is -2.54. The number of morpholine rings is 1. The molecule has 0 spiro atoms. The number of aromatic nitrogens is 2. The highest BCUT2D eigenvalue weighted by atomic mass is 16.5. The van der Waals surface area contributed by atoms with Crippen LogP contribution in [0.3, 0.4) is 0 Å². The Kier molecular flexibility index (Phi) is 6.23. The molecule has 0 bridgehead atoms. The summed E-state index contributed by atoms with van der Waals surface area (Å²) < 4.78 is 7.72. The van der Waals surface area contributed by atoms with Gasteiger partial charge in [0.2, 0.25) is 0 Å². The maximum Gasteiger partial charge on any atom is 0.317 e. The van der Waals surface area contributed by atoms with Crippen LogP contribution in [0, 0.1) is 0 Å². The predicted molar refractivity (Wildman–Crippen MR) is 93.9 cm³/mol. The van der Waals surface area contributed by atoms with E-state index in [0.717, 1.165) is 18.7 Å². The molecule has 136 valence electrons. The topological polar surface area (TPSA) is 62.6 Å². The summed E-state index contributed by atoms with van der Waals surface area (Å²) in [6.07, 6.45) is 3.76. The van der Waals surface area contributed by atoms with Crippen molar-refractivity contribution in [3.8, 4) is 0 Å². The summed E-state index contributed by atoms with van der Waals surface area (Å²) in [5.74, 6) is 0. The first-order valence-electron chi connectivity index (χ1n) is 8.79. The van der Waals surface area contributed by atoms with Crippen molar-refractivity contribution in [3.63, 3.8) is 0 Å². The molecule has 2 amide bonds. The second kappa shape index (κ2) is 7.98. The molecule has 2 heterocycles. The molecule has 1 saturated heterocycles. The van der Waals surface area contributed by atoms with Gasteiger partial charge in [-0.05, 0) is 26.9 Å². The number of carbonyl (C=O) groups excluding carboxylic acids is 1. The molecule has 0 radical (unpaired) electrons. The van der Waals surface area contributed by atoms with E-state index < -0.39 is 5.60 Å². The Morgan fingerprint density at radius 3 is 2.79 bits per heavy atom. The Hall–Kier alpha value is -1.60. The SMILES string of the molecule is CCN(CC)[C@@H](C)CNC(=O)N1CCO[C@](C)(c2cnn(C)c2)C1. The molecule has 24 heavy (non-hydrogen) atoms. The van der Waals surface area contributed by atoms with Gasteiger partial charge in [-0.15, -0.1) is 0 Å². The van der Waals surface area contributed by atoms with E-state index in [-0.39, 0.29) is 6.03 Å². The smallest absolute Gasteiger partial charge is 0.317 e. The number of likely N-dealkylation sites (N-methyl/N-ethyl adjacent to an activating group) is 1. The first-order valence-corrected chi connectivity index (χ1v) is 8.79. The van der Waals surface area contributed by atoms with E-state index in [2.05, 4.69) is 36.1 Å². The lowest BCUT2D eigenvalue weighted by atomic mass is 9.97. The van der Waals surface area contributed by atoms with Crippen molar-refractivity contribution < 1.29 is 9.53 Å². The average Bonchev–Trinajstić information content (AvgIpc) is 3.01. The molecule has 0 aromatic carbocycles. The van der Waals surface area contributed by atoms with Gasteiger partial charge < -0.3 is 15.0 Å². The second-order valence-corrected chi connectivity index (χ2v) is 6.66. The number of aryl methyl sites for hydroxylation is 1. The third-order valence-corrected chi connectivity index (χ3v) is 4.86. The molecule has 0 unspecified atom stereocenters. The van der Waals surface area contributed by atoms with E-state index in [1.807, 2.05) is 31.3 Å². The lowest BCUT2D eigenvalue weighted by molar-refractivity contribution is -0.0907. The monoisotopic (exact) mass is 337 g/mol. The van der Waals surface area contributed by atoms with E-state index in [1.54, 1.807) is 4.68 Å². The summed E-state index contributed by atoms with van der Waals surface area (Å²) >= 11 is 0. The van der Waals surface area contributed by atoms with Crippen LogP contribution in [0.25, 0.3) is 0 Å². The van der Waals surface area contributed by atoms with Crippen LogP contribution in [0.2, 0.25) is 0 Å². The number of nitrogens with one attached hydrogen (secondary N) is 1. The molecule has 1 aliphatic heterocycles. The fourth-order valence-corrected chi connectivity index (χ4v) is 3.24. The van der Waals surface area contributed by atoms with Crippen LogP contribution in [0.1, 0.15) is 33.3 Å². The number of nitrogens with zero attached hydrogens (tertiary/aromatic N) is 4. The van der Waals surface area contributed by atoms with Crippen molar-refractivity contribution in [2.75, 3.05) is 39.3 Å². The summed E-state index contributed by atoms with van der Waals surface area (Å²) in [5.41, 5.74) is 0.493. The van der Waals surface area contributed by atoms with Crippen LogP contribution in [-0.4, -0.2) is 71.0 Å². The van der Waals surface area contributed by atoms with Crippen LogP contribution in [0.5, 0.6) is 0 Å². The first kappa shape index (κ1) is 18.7. The summed E-state index contributed by atoms with van der Waals surface area (Å²) in [4.78, 5) is 16.7. The Morgan fingerprint density at radius 1 is 1.50 bits per heavy atom. The van der Waals surface area contributed by atoms with Crippen molar-refractivity contribution in [3.05, 3.63) is 18.0 Å². The number of ether oxygens (including phenoxy) is 1. The van der Waals surface area contributed by atoms with Gasteiger partial charge in [-0.1, -0.05) is 13.8 Å². The molecule has 0 saturated carbocycles. The molecular formula is C17H31N5O2. The predicted octanol–water partition coefficient (Wildman–Crippen LogP) is 1.41. The fourth-order valence-electron chi connectivity index (χ4n) is 3.24. The van der Waals surface area contributed by atoms with Gasteiger partial charge in [0.05, 0.1) is 19.3 Å². The van der Waals surface area contributed by atoms with Gasteiger partial charge in [0.25, 0.3) is 0 Å². The molecule has 1 fully saturated rings. The largest absolute Gasteiger partial charge is 0.367 e. The maximum atomic E-state index is 12.5. The minimum Gasteiger partial charge on any atom is -0.367 e. The third kappa shape index (κ3) is 4.27. The van der Waals surface area contributed by atoms with Crippen molar-refractivity contribution in [2.24, 2.45) is 7.05 Å². The molecule has 1 aliphatic rings. The van der Waals surface area contributed by atoms with Gasteiger partial charge in [-0.3, -0.25) is 9.58 Å². The van der Waals surface area contributed by atoms with Crippen LogP contribution in [0.15, 0.2) is 12.4 Å². The van der Waals surface area contributed by atoms with E-state index in [1.165, 1.54) is 0 Å². The third-order valence-electron chi connectivity index (χ3n) is 4.86. The number of urea groups is 1. The fraction of sp³-hybridized carbons (Fsp3) is 0.765. The number of carbonyl (C=O) groups is 1. The molecule has 1 aromatic heterocycles. The summed E-state index contributed by atoms with van der Waals surface area (Å²) in [7, 11) is 1.88. The summed E-state index contributed by atoms with van der Waals surface area (Å²) in [5, 5.41) is 7.28. The zero-order chi connectivity index (χ0) is 17.7. The zero-order valence-corrected chi connectivity index (χ0v) is 15.6. The minimum atomic E-state index is -0.506. The standard InChI is InChI=1S/C17H31N5O2/c1-6-21(7-2)14(3)10-18-16(23)22-8-9-24-17(4,13-22)15-11-19-20(5)12-15/h11-12,14H,6-10,13H2,1-5H3,(H,18,23)/t14-,17-/m0/s1. The van der Waals surface area contributed by atoms with Gasteiger partial charge in [-0.25, -0.2) is 4.79 Å². The number of amides is 2. The van der Waals surface area contributed by atoms with E-state index in [0.29, 0.717) is 32.3 Å².